The predicted molar refractivity (Wildman–Crippen MR) is 74.0 cm³/mol. The summed E-state index contributed by atoms with van der Waals surface area (Å²) in [4.78, 5) is 13.8. The Bertz CT molecular complexity index is 198. The lowest BCUT2D eigenvalue weighted by atomic mass is 9.97. The van der Waals surface area contributed by atoms with Crippen molar-refractivity contribution >= 4 is 30.8 Å². The van der Waals surface area contributed by atoms with E-state index in [4.69, 9.17) is 10.5 Å². The summed E-state index contributed by atoms with van der Waals surface area (Å²) in [6.45, 7) is 6.16. The van der Waals surface area contributed by atoms with Gasteiger partial charge in [0.25, 0.3) is 0 Å². The van der Waals surface area contributed by atoms with E-state index in [0.717, 1.165) is 45.4 Å². The summed E-state index contributed by atoms with van der Waals surface area (Å²) in [6.07, 6.45) is 2.91. The van der Waals surface area contributed by atoms with Gasteiger partial charge in [-0.15, -0.1) is 24.8 Å². The SMILES string of the molecule is CCOC(=O)C1CCN(CCCN)CC1.Cl.Cl. The Morgan fingerprint density at radius 2 is 1.94 bits per heavy atom. The molecule has 0 aromatic carbocycles. The molecule has 0 radical (unpaired) electrons. The molecule has 1 saturated heterocycles. The van der Waals surface area contributed by atoms with Gasteiger partial charge in [-0.25, -0.2) is 0 Å². The van der Waals surface area contributed by atoms with Crippen LogP contribution in [0, 0.1) is 5.92 Å². The van der Waals surface area contributed by atoms with Gasteiger partial charge in [-0.1, -0.05) is 0 Å². The Kier molecular flexibility index (Phi) is 12.6. The first-order valence-corrected chi connectivity index (χ1v) is 5.87. The lowest BCUT2D eigenvalue weighted by Crippen LogP contribution is -2.37. The number of likely N-dealkylation sites (tertiary alicyclic amines) is 1. The molecule has 2 N–H and O–H groups in total. The molecule has 1 rings (SSSR count). The third-order valence-corrected chi connectivity index (χ3v) is 2.89. The number of nitrogens with two attached hydrogens (primary N) is 1. The molecular formula is C11H24Cl2N2O2. The number of ether oxygens (including phenoxy) is 1. The molecule has 0 unspecified atom stereocenters. The summed E-state index contributed by atoms with van der Waals surface area (Å²) in [6, 6.07) is 0. The normalized spacial score (nSPS) is 16.8. The van der Waals surface area contributed by atoms with E-state index in [1.165, 1.54) is 0 Å². The van der Waals surface area contributed by atoms with Crippen molar-refractivity contribution in [3.63, 3.8) is 0 Å². The zero-order chi connectivity index (χ0) is 11.1. The first-order valence-electron chi connectivity index (χ1n) is 5.87. The average Bonchev–Trinajstić information content (AvgIpc) is 2.27. The van der Waals surface area contributed by atoms with Gasteiger partial charge in [-0.3, -0.25) is 4.79 Å². The van der Waals surface area contributed by atoms with Gasteiger partial charge in [-0.05, 0) is 52.4 Å². The van der Waals surface area contributed by atoms with Crippen LogP contribution in [-0.4, -0.2) is 43.7 Å². The van der Waals surface area contributed by atoms with Gasteiger partial charge in [0.15, 0.2) is 0 Å². The number of hydrogen-bond acceptors (Lipinski definition) is 4. The molecule has 4 nitrogen and oxygen atoms in total. The van der Waals surface area contributed by atoms with E-state index >= 15 is 0 Å². The molecule has 0 aromatic rings. The first-order chi connectivity index (χ1) is 7.27. The molecule has 1 aliphatic rings. The summed E-state index contributed by atoms with van der Waals surface area (Å²) < 4.78 is 5.02. The Labute approximate surface area is 116 Å². The zero-order valence-electron chi connectivity index (χ0n) is 10.4. The second-order valence-corrected chi connectivity index (χ2v) is 4.01. The summed E-state index contributed by atoms with van der Waals surface area (Å²) >= 11 is 0. The molecule has 1 heterocycles. The van der Waals surface area contributed by atoms with Crippen LogP contribution in [0.2, 0.25) is 0 Å². The Morgan fingerprint density at radius 1 is 1.35 bits per heavy atom. The van der Waals surface area contributed by atoms with Crippen molar-refractivity contribution in [3.05, 3.63) is 0 Å². The lowest BCUT2D eigenvalue weighted by Gasteiger charge is -2.30. The molecule has 1 aliphatic heterocycles. The van der Waals surface area contributed by atoms with E-state index in [1.54, 1.807) is 0 Å². The minimum atomic E-state index is -0.0176. The number of esters is 1. The van der Waals surface area contributed by atoms with Crippen molar-refractivity contribution in [2.45, 2.75) is 26.2 Å². The van der Waals surface area contributed by atoms with E-state index in [-0.39, 0.29) is 36.7 Å². The minimum absolute atomic E-state index is 0. The van der Waals surface area contributed by atoms with Crippen molar-refractivity contribution in [2.75, 3.05) is 32.8 Å². The van der Waals surface area contributed by atoms with E-state index in [2.05, 4.69) is 4.90 Å². The topological polar surface area (TPSA) is 55.6 Å². The molecule has 1 fully saturated rings. The fourth-order valence-electron chi connectivity index (χ4n) is 1.97. The van der Waals surface area contributed by atoms with Crippen LogP contribution in [0.3, 0.4) is 0 Å². The molecule has 0 aliphatic carbocycles. The van der Waals surface area contributed by atoms with Crippen molar-refractivity contribution in [1.29, 1.82) is 0 Å². The van der Waals surface area contributed by atoms with E-state index < -0.39 is 0 Å². The van der Waals surface area contributed by atoms with Crippen LogP contribution in [0.4, 0.5) is 0 Å². The maximum absolute atomic E-state index is 11.5. The fourth-order valence-corrected chi connectivity index (χ4v) is 1.97. The number of carbonyl (C=O) groups excluding carboxylic acids is 1. The average molecular weight is 287 g/mol. The van der Waals surface area contributed by atoms with Crippen molar-refractivity contribution in [3.8, 4) is 0 Å². The van der Waals surface area contributed by atoms with Crippen LogP contribution in [0.1, 0.15) is 26.2 Å². The number of piperidine rings is 1. The van der Waals surface area contributed by atoms with Crippen molar-refractivity contribution < 1.29 is 9.53 Å². The smallest absolute Gasteiger partial charge is 0.309 e. The van der Waals surface area contributed by atoms with Gasteiger partial charge in [-0.2, -0.15) is 0 Å². The highest BCUT2D eigenvalue weighted by molar-refractivity contribution is 5.85. The van der Waals surface area contributed by atoms with Gasteiger partial charge in [0.05, 0.1) is 12.5 Å². The van der Waals surface area contributed by atoms with Gasteiger partial charge < -0.3 is 15.4 Å². The van der Waals surface area contributed by atoms with Gasteiger partial charge in [0, 0.05) is 0 Å². The van der Waals surface area contributed by atoms with E-state index in [9.17, 15) is 4.79 Å². The molecule has 17 heavy (non-hydrogen) atoms. The number of carbonyl (C=O) groups is 1. The second-order valence-electron chi connectivity index (χ2n) is 4.01. The maximum atomic E-state index is 11.5. The summed E-state index contributed by atoms with van der Waals surface area (Å²) in [5.74, 6) is 0.107. The molecule has 0 spiro atoms. The first kappa shape index (κ1) is 19.3. The summed E-state index contributed by atoms with van der Waals surface area (Å²) in [7, 11) is 0. The Morgan fingerprint density at radius 3 is 2.41 bits per heavy atom. The minimum Gasteiger partial charge on any atom is -0.466 e. The number of nitrogens with zero attached hydrogens (tertiary/aromatic N) is 1. The highest BCUT2D eigenvalue weighted by atomic mass is 35.5. The molecule has 104 valence electrons. The number of halogens is 2. The molecule has 0 saturated carbocycles. The predicted octanol–water partition coefficient (Wildman–Crippen LogP) is 1.45. The third kappa shape index (κ3) is 7.09. The summed E-state index contributed by atoms with van der Waals surface area (Å²) in [5, 5.41) is 0. The quantitative estimate of drug-likeness (QED) is 0.778. The van der Waals surface area contributed by atoms with Crippen molar-refractivity contribution in [1.82, 2.24) is 4.90 Å². The van der Waals surface area contributed by atoms with Crippen molar-refractivity contribution in [2.24, 2.45) is 11.7 Å². The summed E-state index contributed by atoms with van der Waals surface area (Å²) in [5.41, 5.74) is 5.46. The van der Waals surface area contributed by atoms with Crippen LogP contribution in [0.5, 0.6) is 0 Å². The largest absolute Gasteiger partial charge is 0.466 e. The van der Waals surface area contributed by atoms with Crippen LogP contribution >= 0.6 is 24.8 Å². The second kappa shape index (κ2) is 11.1. The zero-order valence-corrected chi connectivity index (χ0v) is 12.0. The molecule has 0 amide bonds. The molecule has 0 atom stereocenters. The van der Waals surface area contributed by atoms with Gasteiger partial charge in [0.1, 0.15) is 0 Å². The monoisotopic (exact) mass is 286 g/mol. The Balaban J connectivity index is 0. The van der Waals surface area contributed by atoms with E-state index in [1.807, 2.05) is 6.92 Å². The fraction of sp³-hybridized carbons (Fsp3) is 0.909. The highest BCUT2D eigenvalue weighted by Crippen LogP contribution is 2.18. The maximum Gasteiger partial charge on any atom is 0.309 e. The van der Waals surface area contributed by atoms with Gasteiger partial charge >= 0.3 is 5.97 Å². The van der Waals surface area contributed by atoms with Crippen LogP contribution < -0.4 is 5.73 Å². The van der Waals surface area contributed by atoms with Crippen LogP contribution in [-0.2, 0) is 9.53 Å². The highest BCUT2D eigenvalue weighted by Gasteiger charge is 2.25. The Hall–Kier alpha value is -0.0300. The molecule has 6 heteroatoms. The third-order valence-electron chi connectivity index (χ3n) is 2.89. The lowest BCUT2D eigenvalue weighted by molar-refractivity contribution is -0.149. The molecule has 0 aromatic heterocycles. The van der Waals surface area contributed by atoms with Crippen LogP contribution in [0.25, 0.3) is 0 Å². The number of hydrogen-bond donors (Lipinski definition) is 1. The molecular weight excluding hydrogens is 263 g/mol. The standard InChI is InChI=1S/C11H22N2O2.2ClH/c1-2-15-11(14)10-4-8-13(9-5-10)7-3-6-12;;/h10H,2-9,12H2,1H3;2*1H. The number of rotatable bonds is 5. The van der Waals surface area contributed by atoms with E-state index in [0.29, 0.717) is 6.61 Å². The van der Waals surface area contributed by atoms with Gasteiger partial charge in [0.2, 0.25) is 0 Å². The molecule has 0 bridgehead atoms. The van der Waals surface area contributed by atoms with Crippen LogP contribution in [0.15, 0.2) is 0 Å².